The standard InChI is InChI=1S/C31H40O9/c1-5-6-18-37-30(32)17-16-28(39-23-36-20-19-34-3)24(2)40-31(33)21-29(26-10-8-7-9-11-26)38-22-25-12-14-27(35-4)15-13-25/h5,7-17,24,28-29H,1,6,18-23H2,2-4H3/b17-16+/t24-,28+,29-/m0/s1. The van der Waals surface area contributed by atoms with Gasteiger partial charge in [-0.1, -0.05) is 48.5 Å². The minimum atomic E-state index is -0.756. The van der Waals surface area contributed by atoms with Gasteiger partial charge < -0.3 is 33.2 Å². The third-order valence-electron chi connectivity index (χ3n) is 5.68. The molecule has 0 heterocycles. The van der Waals surface area contributed by atoms with Gasteiger partial charge in [0.1, 0.15) is 24.8 Å². The van der Waals surface area contributed by atoms with Gasteiger partial charge >= 0.3 is 11.9 Å². The Morgan fingerprint density at radius 2 is 1.70 bits per heavy atom. The van der Waals surface area contributed by atoms with E-state index in [0.29, 0.717) is 26.2 Å². The second kappa shape index (κ2) is 19.5. The predicted octanol–water partition coefficient (Wildman–Crippen LogP) is 4.96. The van der Waals surface area contributed by atoms with Crippen LogP contribution in [-0.4, -0.2) is 65.0 Å². The molecule has 0 amide bonds. The summed E-state index contributed by atoms with van der Waals surface area (Å²) in [5.74, 6) is -0.266. The summed E-state index contributed by atoms with van der Waals surface area (Å²) in [5, 5.41) is 0. The fourth-order valence-electron chi connectivity index (χ4n) is 3.47. The largest absolute Gasteiger partial charge is 0.497 e. The third kappa shape index (κ3) is 13.0. The van der Waals surface area contributed by atoms with Crippen molar-refractivity contribution < 1.29 is 42.7 Å². The Hall–Kier alpha value is -3.50. The van der Waals surface area contributed by atoms with Crippen LogP contribution >= 0.6 is 0 Å². The van der Waals surface area contributed by atoms with Crippen molar-refractivity contribution in [3.8, 4) is 5.75 Å². The summed E-state index contributed by atoms with van der Waals surface area (Å²) >= 11 is 0. The number of rotatable bonds is 20. The quantitative estimate of drug-likeness (QED) is 0.0737. The lowest BCUT2D eigenvalue weighted by molar-refractivity contribution is -0.164. The van der Waals surface area contributed by atoms with Gasteiger partial charge in [0, 0.05) is 13.2 Å². The first-order chi connectivity index (χ1) is 19.5. The second-order valence-electron chi connectivity index (χ2n) is 8.71. The number of carbonyl (C=O) groups is 2. The maximum atomic E-state index is 13.0. The van der Waals surface area contributed by atoms with E-state index in [0.717, 1.165) is 16.9 Å². The van der Waals surface area contributed by atoms with Crippen LogP contribution in [0.25, 0.3) is 0 Å². The Balaban J connectivity index is 2.03. The molecule has 0 saturated carbocycles. The molecule has 2 aromatic carbocycles. The number of hydrogen-bond donors (Lipinski definition) is 0. The maximum Gasteiger partial charge on any atom is 0.330 e. The molecular formula is C31H40O9. The van der Waals surface area contributed by atoms with Gasteiger partial charge in [-0.05, 0) is 42.7 Å². The fraction of sp³-hybridized carbons (Fsp3) is 0.419. The summed E-state index contributed by atoms with van der Waals surface area (Å²) in [5.41, 5.74) is 1.79. The van der Waals surface area contributed by atoms with Crippen molar-refractivity contribution in [2.45, 2.75) is 44.7 Å². The summed E-state index contributed by atoms with van der Waals surface area (Å²) in [4.78, 5) is 25.0. The van der Waals surface area contributed by atoms with Crippen LogP contribution in [-0.2, 0) is 44.6 Å². The summed E-state index contributed by atoms with van der Waals surface area (Å²) < 4.78 is 38.2. The Labute approximate surface area is 236 Å². The van der Waals surface area contributed by atoms with Crippen molar-refractivity contribution in [2.75, 3.05) is 40.8 Å². The summed E-state index contributed by atoms with van der Waals surface area (Å²) in [7, 11) is 3.18. The zero-order valence-corrected chi connectivity index (χ0v) is 23.5. The number of esters is 2. The summed E-state index contributed by atoms with van der Waals surface area (Å²) in [6.07, 6.45) is 2.91. The molecule has 0 unspecified atom stereocenters. The Morgan fingerprint density at radius 1 is 0.950 bits per heavy atom. The highest BCUT2D eigenvalue weighted by molar-refractivity contribution is 5.82. The van der Waals surface area contributed by atoms with Gasteiger partial charge in [-0.15, -0.1) is 6.58 Å². The van der Waals surface area contributed by atoms with Crippen LogP contribution < -0.4 is 4.74 Å². The highest BCUT2D eigenvalue weighted by atomic mass is 16.7. The van der Waals surface area contributed by atoms with E-state index in [2.05, 4.69) is 6.58 Å². The molecule has 0 aromatic heterocycles. The minimum absolute atomic E-state index is 0.0190. The first kappa shape index (κ1) is 32.7. The Morgan fingerprint density at radius 3 is 2.38 bits per heavy atom. The highest BCUT2D eigenvalue weighted by Crippen LogP contribution is 2.24. The van der Waals surface area contributed by atoms with Gasteiger partial charge in [-0.2, -0.15) is 0 Å². The molecule has 0 bridgehead atoms. The normalized spacial score (nSPS) is 13.4. The lowest BCUT2D eigenvalue weighted by Gasteiger charge is -2.23. The number of hydrogen-bond acceptors (Lipinski definition) is 9. The van der Waals surface area contributed by atoms with Crippen molar-refractivity contribution in [1.29, 1.82) is 0 Å². The van der Waals surface area contributed by atoms with Crippen LogP contribution in [0.3, 0.4) is 0 Å². The second-order valence-corrected chi connectivity index (χ2v) is 8.71. The average Bonchev–Trinajstić information content (AvgIpc) is 2.97. The van der Waals surface area contributed by atoms with Crippen LogP contribution in [0.1, 0.15) is 37.0 Å². The molecule has 0 N–H and O–H groups in total. The molecular weight excluding hydrogens is 516 g/mol. The van der Waals surface area contributed by atoms with Crippen molar-refractivity contribution in [2.24, 2.45) is 0 Å². The van der Waals surface area contributed by atoms with Gasteiger partial charge in [0.15, 0.2) is 0 Å². The van der Waals surface area contributed by atoms with E-state index in [1.165, 1.54) is 12.2 Å². The van der Waals surface area contributed by atoms with Crippen LogP contribution in [0, 0.1) is 0 Å². The molecule has 218 valence electrons. The average molecular weight is 557 g/mol. The Kier molecular flexibility index (Phi) is 16.0. The van der Waals surface area contributed by atoms with Gasteiger partial charge in [0.25, 0.3) is 0 Å². The van der Waals surface area contributed by atoms with Crippen molar-refractivity contribution in [3.05, 3.63) is 90.5 Å². The lowest BCUT2D eigenvalue weighted by atomic mass is 10.1. The maximum absolute atomic E-state index is 13.0. The fourth-order valence-corrected chi connectivity index (χ4v) is 3.47. The molecule has 0 spiro atoms. The van der Waals surface area contributed by atoms with Gasteiger partial charge in [0.2, 0.25) is 0 Å². The van der Waals surface area contributed by atoms with Gasteiger partial charge in [0.05, 0.1) is 46.1 Å². The number of benzene rings is 2. The van der Waals surface area contributed by atoms with Crippen molar-refractivity contribution in [3.63, 3.8) is 0 Å². The van der Waals surface area contributed by atoms with Crippen LogP contribution in [0.15, 0.2) is 79.4 Å². The monoisotopic (exact) mass is 556 g/mol. The van der Waals surface area contributed by atoms with Gasteiger partial charge in [-0.25, -0.2) is 4.79 Å². The van der Waals surface area contributed by atoms with E-state index in [9.17, 15) is 9.59 Å². The van der Waals surface area contributed by atoms with E-state index in [4.69, 9.17) is 33.2 Å². The first-order valence-electron chi connectivity index (χ1n) is 13.1. The molecule has 2 aromatic rings. The third-order valence-corrected chi connectivity index (χ3v) is 5.68. The number of carbonyl (C=O) groups excluding carboxylic acids is 2. The van der Waals surface area contributed by atoms with Crippen molar-refractivity contribution in [1.82, 2.24) is 0 Å². The highest BCUT2D eigenvalue weighted by Gasteiger charge is 2.24. The SMILES string of the molecule is C=CCCOC(=O)/C=C/[C@@H](OCOCCOC)[C@H](C)OC(=O)C[C@H](OCc1ccc(OC)cc1)c1ccccc1. The molecule has 40 heavy (non-hydrogen) atoms. The predicted molar refractivity (Wildman–Crippen MR) is 150 cm³/mol. The Bertz CT molecular complexity index is 1020. The van der Waals surface area contributed by atoms with Gasteiger partial charge in [-0.3, -0.25) is 4.79 Å². The number of methoxy groups -OCH3 is 2. The van der Waals surface area contributed by atoms with Crippen LogP contribution in [0.4, 0.5) is 0 Å². The zero-order valence-electron chi connectivity index (χ0n) is 23.5. The van der Waals surface area contributed by atoms with E-state index in [-0.39, 0.29) is 19.8 Å². The van der Waals surface area contributed by atoms with E-state index in [1.807, 2.05) is 54.6 Å². The molecule has 9 nitrogen and oxygen atoms in total. The van der Waals surface area contributed by atoms with Crippen molar-refractivity contribution >= 4 is 11.9 Å². The molecule has 9 heteroatoms. The van der Waals surface area contributed by atoms with E-state index >= 15 is 0 Å². The van der Waals surface area contributed by atoms with Crippen LogP contribution in [0.5, 0.6) is 5.75 Å². The first-order valence-corrected chi connectivity index (χ1v) is 13.1. The van der Waals surface area contributed by atoms with E-state index in [1.54, 1.807) is 27.2 Å². The minimum Gasteiger partial charge on any atom is -0.497 e. The topological polar surface area (TPSA) is 98.8 Å². The molecule has 0 radical (unpaired) electrons. The summed E-state index contributed by atoms with van der Waals surface area (Å²) in [6.45, 7) is 6.45. The number of ether oxygens (including phenoxy) is 7. The van der Waals surface area contributed by atoms with E-state index < -0.39 is 30.3 Å². The molecule has 0 fully saturated rings. The zero-order chi connectivity index (χ0) is 29.0. The summed E-state index contributed by atoms with van der Waals surface area (Å²) in [6, 6.07) is 17.0. The smallest absolute Gasteiger partial charge is 0.330 e. The molecule has 2 rings (SSSR count). The molecule has 0 saturated heterocycles. The molecule has 3 atom stereocenters. The molecule has 0 aliphatic rings. The lowest BCUT2D eigenvalue weighted by Crippen LogP contribution is -2.31. The molecule has 0 aliphatic heterocycles. The molecule has 0 aliphatic carbocycles. The van der Waals surface area contributed by atoms with Crippen LogP contribution in [0.2, 0.25) is 0 Å².